The summed E-state index contributed by atoms with van der Waals surface area (Å²) < 4.78 is 0. The van der Waals surface area contributed by atoms with E-state index in [0.29, 0.717) is 25.1 Å². The molecule has 132 valence electrons. The quantitative estimate of drug-likeness (QED) is 0.688. The SMILES string of the molecule is C=C1NC(=O)NC12Cc1ccc(NC(=O)NCc3ccccc3)cc1C2. The van der Waals surface area contributed by atoms with Crippen LogP contribution in [0, 0.1) is 0 Å². The molecule has 4 rings (SSSR count). The fourth-order valence-electron chi connectivity index (χ4n) is 3.59. The van der Waals surface area contributed by atoms with E-state index in [-0.39, 0.29) is 12.1 Å². The zero-order valence-electron chi connectivity index (χ0n) is 14.3. The maximum Gasteiger partial charge on any atom is 0.319 e. The van der Waals surface area contributed by atoms with Crippen LogP contribution in [0.1, 0.15) is 16.7 Å². The number of hydrogen-bond donors (Lipinski definition) is 4. The Bertz CT molecular complexity index is 894. The summed E-state index contributed by atoms with van der Waals surface area (Å²) in [4.78, 5) is 23.7. The molecule has 1 fully saturated rings. The van der Waals surface area contributed by atoms with E-state index >= 15 is 0 Å². The standard InChI is InChI=1S/C20H20N4O2/c1-13-20(24-19(26)22-13)10-15-7-8-17(9-16(15)11-20)23-18(25)21-12-14-5-3-2-4-6-14/h2-9H,1,10-12H2,(H2,21,23,25)(H2,22,24,26). The van der Waals surface area contributed by atoms with Gasteiger partial charge in [-0.05, 0) is 28.8 Å². The van der Waals surface area contributed by atoms with Gasteiger partial charge in [0.25, 0.3) is 0 Å². The first-order valence-electron chi connectivity index (χ1n) is 8.53. The second-order valence-corrected chi connectivity index (χ2v) is 6.77. The molecule has 4 N–H and O–H groups in total. The van der Waals surface area contributed by atoms with Crippen molar-refractivity contribution in [2.75, 3.05) is 5.32 Å². The van der Waals surface area contributed by atoms with E-state index in [2.05, 4.69) is 27.8 Å². The van der Waals surface area contributed by atoms with Crippen LogP contribution in [0.3, 0.4) is 0 Å². The van der Waals surface area contributed by atoms with Crippen molar-refractivity contribution in [1.29, 1.82) is 0 Å². The molecule has 1 aliphatic carbocycles. The Morgan fingerprint density at radius 2 is 1.88 bits per heavy atom. The lowest BCUT2D eigenvalue weighted by atomic mass is 9.94. The van der Waals surface area contributed by atoms with Crippen LogP contribution in [0.25, 0.3) is 0 Å². The van der Waals surface area contributed by atoms with Crippen molar-refractivity contribution in [2.45, 2.75) is 24.9 Å². The number of urea groups is 2. The molecule has 0 saturated carbocycles. The number of hydrogen-bond acceptors (Lipinski definition) is 2. The van der Waals surface area contributed by atoms with Crippen molar-refractivity contribution in [2.24, 2.45) is 0 Å². The highest BCUT2D eigenvalue weighted by atomic mass is 16.2. The van der Waals surface area contributed by atoms with Crippen LogP contribution in [0.4, 0.5) is 15.3 Å². The van der Waals surface area contributed by atoms with E-state index < -0.39 is 5.54 Å². The van der Waals surface area contributed by atoms with Crippen molar-refractivity contribution < 1.29 is 9.59 Å². The Labute approximate surface area is 151 Å². The molecule has 26 heavy (non-hydrogen) atoms. The van der Waals surface area contributed by atoms with Crippen LogP contribution in [0.5, 0.6) is 0 Å². The molecular formula is C20H20N4O2. The molecule has 1 heterocycles. The number of fused-ring (bicyclic) bond motifs is 1. The van der Waals surface area contributed by atoms with Gasteiger partial charge in [0.1, 0.15) is 0 Å². The normalized spacial score (nSPS) is 20.5. The van der Waals surface area contributed by atoms with E-state index in [1.54, 1.807) is 0 Å². The zero-order valence-corrected chi connectivity index (χ0v) is 14.3. The Morgan fingerprint density at radius 1 is 1.12 bits per heavy atom. The molecule has 1 aliphatic heterocycles. The summed E-state index contributed by atoms with van der Waals surface area (Å²) in [6, 6.07) is 15.1. The van der Waals surface area contributed by atoms with Gasteiger partial charge in [-0.1, -0.05) is 43.0 Å². The lowest BCUT2D eigenvalue weighted by Gasteiger charge is -2.22. The smallest absolute Gasteiger partial charge is 0.319 e. The number of carbonyl (C=O) groups is 2. The highest BCUT2D eigenvalue weighted by molar-refractivity contribution is 5.89. The zero-order chi connectivity index (χ0) is 18.1. The fourth-order valence-corrected chi connectivity index (χ4v) is 3.59. The summed E-state index contributed by atoms with van der Waals surface area (Å²) in [5, 5.41) is 11.4. The third kappa shape index (κ3) is 3.01. The molecule has 6 nitrogen and oxygen atoms in total. The van der Waals surface area contributed by atoms with Gasteiger partial charge in [0.2, 0.25) is 0 Å². The van der Waals surface area contributed by atoms with Crippen LogP contribution in [0.15, 0.2) is 60.8 Å². The summed E-state index contributed by atoms with van der Waals surface area (Å²) in [6.45, 7) is 4.44. The average molecular weight is 348 g/mol. The van der Waals surface area contributed by atoms with E-state index in [9.17, 15) is 9.59 Å². The van der Waals surface area contributed by atoms with Gasteiger partial charge in [-0.2, -0.15) is 0 Å². The monoisotopic (exact) mass is 348 g/mol. The van der Waals surface area contributed by atoms with Crippen molar-refractivity contribution in [1.82, 2.24) is 16.0 Å². The molecule has 2 aliphatic rings. The molecule has 1 spiro atoms. The van der Waals surface area contributed by atoms with E-state index in [0.717, 1.165) is 22.4 Å². The molecule has 6 heteroatoms. The van der Waals surface area contributed by atoms with Gasteiger partial charge >= 0.3 is 12.1 Å². The maximum atomic E-state index is 12.1. The average Bonchev–Trinajstić information content (AvgIpc) is 3.12. The van der Waals surface area contributed by atoms with Crippen molar-refractivity contribution in [3.8, 4) is 0 Å². The molecule has 4 amide bonds. The second-order valence-electron chi connectivity index (χ2n) is 6.77. The first-order valence-corrected chi connectivity index (χ1v) is 8.53. The molecule has 1 unspecified atom stereocenters. The highest BCUT2D eigenvalue weighted by Crippen LogP contribution is 2.37. The molecule has 1 saturated heterocycles. The number of carbonyl (C=O) groups excluding carboxylic acids is 2. The van der Waals surface area contributed by atoms with Gasteiger partial charge in [0.05, 0.1) is 5.54 Å². The molecule has 1 atom stereocenters. The molecule has 2 aromatic rings. The van der Waals surface area contributed by atoms with Crippen LogP contribution in [0.2, 0.25) is 0 Å². The number of anilines is 1. The predicted molar refractivity (Wildman–Crippen MR) is 99.7 cm³/mol. The summed E-state index contributed by atoms with van der Waals surface area (Å²) in [5.74, 6) is 0. The van der Waals surface area contributed by atoms with E-state index in [1.165, 1.54) is 0 Å². The van der Waals surface area contributed by atoms with E-state index in [1.807, 2.05) is 48.5 Å². The van der Waals surface area contributed by atoms with Gasteiger partial charge in [0, 0.05) is 30.8 Å². The number of nitrogens with one attached hydrogen (secondary N) is 4. The number of benzene rings is 2. The highest BCUT2D eigenvalue weighted by Gasteiger charge is 2.45. The maximum absolute atomic E-state index is 12.1. The minimum absolute atomic E-state index is 0.207. The largest absolute Gasteiger partial charge is 0.334 e. The Balaban J connectivity index is 1.41. The van der Waals surface area contributed by atoms with Gasteiger partial charge in [-0.15, -0.1) is 0 Å². The van der Waals surface area contributed by atoms with Gasteiger partial charge in [0.15, 0.2) is 0 Å². The van der Waals surface area contributed by atoms with Crippen molar-refractivity contribution in [3.05, 3.63) is 77.5 Å². The van der Waals surface area contributed by atoms with Crippen LogP contribution >= 0.6 is 0 Å². The van der Waals surface area contributed by atoms with Crippen LogP contribution in [-0.2, 0) is 19.4 Å². The summed E-state index contributed by atoms with van der Waals surface area (Å²) in [6.07, 6.45) is 1.38. The Morgan fingerprint density at radius 3 is 2.62 bits per heavy atom. The molecular weight excluding hydrogens is 328 g/mol. The molecule has 0 aromatic heterocycles. The first kappa shape index (κ1) is 16.2. The van der Waals surface area contributed by atoms with Crippen LogP contribution in [-0.4, -0.2) is 17.6 Å². The third-order valence-corrected chi connectivity index (χ3v) is 4.94. The predicted octanol–water partition coefficient (Wildman–Crippen LogP) is 2.67. The molecule has 0 bridgehead atoms. The van der Waals surface area contributed by atoms with Crippen molar-refractivity contribution >= 4 is 17.7 Å². The van der Waals surface area contributed by atoms with Gasteiger partial charge in [-0.25, -0.2) is 9.59 Å². The lowest BCUT2D eigenvalue weighted by molar-refractivity contribution is 0.244. The second kappa shape index (κ2) is 6.22. The topological polar surface area (TPSA) is 82.3 Å². The molecule has 0 radical (unpaired) electrons. The number of amides is 4. The summed E-state index contributed by atoms with van der Waals surface area (Å²) in [5.41, 5.74) is 4.29. The lowest BCUT2D eigenvalue weighted by Crippen LogP contribution is -2.42. The molecule has 2 aromatic carbocycles. The third-order valence-electron chi connectivity index (χ3n) is 4.94. The summed E-state index contributed by atoms with van der Waals surface area (Å²) in [7, 11) is 0. The van der Waals surface area contributed by atoms with Crippen LogP contribution < -0.4 is 21.3 Å². The van der Waals surface area contributed by atoms with Gasteiger partial charge < -0.3 is 21.3 Å². The Kier molecular flexibility index (Phi) is 3.88. The minimum Gasteiger partial charge on any atom is -0.334 e. The number of rotatable bonds is 3. The minimum atomic E-state index is -0.451. The van der Waals surface area contributed by atoms with Crippen molar-refractivity contribution in [3.63, 3.8) is 0 Å². The van der Waals surface area contributed by atoms with Gasteiger partial charge in [-0.3, -0.25) is 0 Å². The first-order chi connectivity index (χ1) is 12.5. The summed E-state index contributed by atoms with van der Waals surface area (Å²) >= 11 is 0. The van der Waals surface area contributed by atoms with E-state index in [4.69, 9.17) is 0 Å². The Hall–Kier alpha value is -3.28. The fraction of sp³-hybridized carbons (Fsp3) is 0.200.